The fourth-order valence-corrected chi connectivity index (χ4v) is 5.64. The molecule has 2 fully saturated rings. The number of phenols is 1. The minimum absolute atomic E-state index is 0.253. The summed E-state index contributed by atoms with van der Waals surface area (Å²) in [6.45, 7) is 0.655. The minimum atomic E-state index is -0.718. The van der Waals surface area contributed by atoms with Gasteiger partial charge in [0, 0.05) is 6.42 Å². The van der Waals surface area contributed by atoms with Crippen molar-refractivity contribution in [3.63, 3.8) is 0 Å². The maximum Gasteiger partial charge on any atom is 0.303 e. The van der Waals surface area contributed by atoms with Gasteiger partial charge < -0.3 is 14.9 Å². The van der Waals surface area contributed by atoms with E-state index in [2.05, 4.69) is 36.4 Å². The number of benzene rings is 2. The van der Waals surface area contributed by atoms with E-state index in [4.69, 9.17) is 9.84 Å². The topological polar surface area (TPSA) is 66.8 Å². The number of carbonyl (C=O) groups is 1. The van der Waals surface area contributed by atoms with Gasteiger partial charge in [-0.25, -0.2) is 0 Å². The predicted octanol–water partition coefficient (Wildman–Crippen LogP) is 7.21. The van der Waals surface area contributed by atoms with Gasteiger partial charge in [0.1, 0.15) is 11.5 Å². The Morgan fingerprint density at radius 2 is 1.33 bits per heavy atom. The summed E-state index contributed by atoms with van der Waals surface area (Å²) in [5.74, 6) is 1.82. The molecule has 4 nitrogen and oxygen atoms in total. The number of carboxylic acid groups (broad SMARTS) is 1. The highest BCUT2D eigenvalue weighted by atomic mass is 16.5. The molecule has 4 rings (SSSR count). The Hall–Kier alpha value is -2.75. The van der Waals surface area contributed by atoms with Crippen molar-refractivity contribution in [3.05, 3.63) is 65.2 Å². The summed E-state index contributed by atoms with van der Waals surface area (Å²) in [5.41, 5.74) is 5.41. The number of fused-ring (bicyclic) bond motifs is 2. The second kappa shape index (κ2) is 11.4. The van der Waals surface area contributed by atoms with Crippen molar-refractivity contribution in [3.8, 4) is 11.5 Å². The van der Waals surface area contributed by atoms with Crippen molar-refractivity contribution in [2.24, 2.45) is 11.8 Å². The summed E-state index contributed by atoms with van der Waals surface area (Å²) in [6, 6.07) is 16.2. The highest BCUT2D eigenvalue weighted by Gasteiger charge is 2.33. The number of aromatic hydroxyl groups is 1. The number of ether oxygens (including phenoxy) is 1. The zero-order valence-electron chi connectivity index (χ0n) is 19.5. The van der Waals surface area contributed by atoms with Crippen molar-refractivity contribution in [1.29, 1.82) is 0 Å². The predicted molar refractivity (Wildman–Crippen MR) is 131 cm³/mol. The molecule has 33 heavy (non-hydrogen) atoms. The molecule has 0 heterocycles. The molecule has 0 atom stereocenters. The van der Waals surface area contributed by atoms with Crippen LogP contribution in [0.4, 0.5) is 0 Å². The molecule has 4 heteroatoms. The molecular weight excluding hydrogens is 412 g/mol. The first kappa shape index (κ1) is 23.4. The second-order valence-corrected chi connectivity index (χ2v) is 9.56. The lowest BCUT2D eigenvalue weighted by molar-refractivity contribution is -0.137. The third-order valence-corrected chi connectivity index (χ3v) is 7.23. The lowest BCUT2D eigenvalue weighted by Gasteiger charge is -2.39. The largest absolute Gasteiger partial charge is 0.508 e. The van der Waals surface area contributed by atoms with E-state index in [1.807, 2.05) is 0 Å². The molecule has 0 saturated heterocycles. The third-order valence-electron chi connectivity index (χ3n) is 7.23. The molecule has 0 unspecified atom stereocenters. The summed E-state index contributed by atoms with van der Waals surface area (Å²) in [5, 5.41) is 18.5. The van der Waals surface area contributed by atoms with Crippen LogP contribution in [0.5, 0.6) is 11.5 Å². The lowest BCUT2D eigenvalue weighted by atomic mass is 9.65. The summed E-state index contributed by atoms with van der Waals surface area (Å²) in [7, 11) is 0. The summed E-state index contributed by atoms with van der Waals surface area (Å²) in [6.07, 6.45) is 11.7. The summed E-state index contributed by atoms with van der Waals surface area (Å²) >= 11 is 0. The molecule has 2 aliphatic rings. The normalized spacial score (nSPS) is 19.8. The number of unbranched alkanes of at least 4 members (excludes halogenated alkanes) is 3. The monoisotopic (exact) mass is 448 g/mol. The van der Waals surface area contributed by atoms with E-state index in [0.717, 1.165) is 31.4 Å². The summed E-state index contributed by atoms with van der Waals surface area (Å²) in [4.78, 5) is 10.6. The van der Waals surface area contributed by atoms with E-state index in [9.17, 15) is 9.90 Å². The minimum Gasteiger partial charge on any atom is -0.508 e. The smallest absolute Gasteiger partial charge is 0.303 e. The zero-order chi connectivity index (χ0) is 23.0. The van der Waals surface area contributed by atoms with Crippen LogP contribution in [0, 0.1) is 11.8 Å². The molecule has 2 N–H and O–H groups in total. The van der Waals surface area contributed by atoms with Crippen LogP contribution in [-0.4, -0.2) is 22.8 Å². The first-order valence-electron chi connectivity index (χ1n) is 12.6. The van der Waals surface area contributed by atoms with E-state index in [-0.39, 0.29) is 6.42 Å². The SMILES string of the molecule is O=C(O)CCCCCCOc1ccc(C(=C2C3CCCC2CCC3)c2ccc(O)cc2)cc1. The number of hydrogen-bond acceptors (Lipinski definition) is 3. The molecule has 0 aliphatic heterocycles. The Balaban J connectivity index is 1.47. The molecule has 2 aromatic carbocycles. The van der Waals surface area contributed by atoms with Crippen LogP contribution in [-0.2, 0) is 4.79 Å². The Morgan fingerprint density at radius 3 is 1.91 bits per heavy atom. The highest BCUT2D eigenvalue weighted by molar-refractivity contribution is 5.83. The van der Waals surface area contributed by atoms with E-state index >= 15 is 0 Å². The number of phenolic OH excluding ortho intramolecular Hbond substituents is 1. The molecule has 0 spiro atoms. The number of allylic oxidation sites excluding steroid dienone is 1. The molecule has 2 aromatic rings. The Morgan fingerprint density at radius 1 is 0.788 bits per heavy atom. The van der Waals surface area contributed by atoms with Gasteiger partial charge in [0.2, 0.25) is 0 Å². The van der Waals surface area contributed by atoms with E-state index in [1.54, 1.807) is 17.7 Å². The molecule has 176 valence electrons. The van der Waals surface area contributed by atoms with Gasteiger partial charge >= 0.3 is 5.97 Å². The molecule has 0 radical (unpaired) electrons. The Bertz CT molecular complexity index is 919. The molecule has 0 amide bonds. The van der Waals surface area contributed by atoms with Crippen molar-refractivity contribution < 1.29 is 19.7 Å². The van der Waals surface area contributed by atoms with Crippen LogP contribution in [0.2, 0.25) is 0 Å². The van der Waals surface area contributed by atoms with E-state index < -0.39 is 5.97 Å². The Labute approximate surface area is 197 Å². The first-order chi connectivity index (χ1) is 16.1. The lowest BCUT2D eigenvalue weighted by Crippen LogP contribution is -2.25. The fraction of sp³-hybridized carbons (Fsp3) is 0.483. The van der Waals surface area contributed by atoms with Gasteiger partial charge in [0.15, 0.2) is 0 Å². The molecule has 0 aromatic heterocycles. The van der Waals surface area contributed by atoms with Crippen LogP contribution in [0.25, 0.3) is 5.57 Å². The van der Waals surface area contributed by atoms with E-state index in [1.165, 1.54) is 55.2 Å². The zero-order valence-corrected chi connectivity index (χ0v) is 19.5. The van der Waals surface area contributed by atoms with Crippen molar-refractivity contribution in [1.82, 2.24) is 0 Å². The van der Waals surface area contributed by atoms with Crippen molar-refractivity contribution in [2.45, 2.75) is 70.6 Å². The van der Waals surface area contributed by atoms with Crippen LogP contribution >= 0.6 is 0 Å². The van der Waals surface area contributed by atoms with Gasteiger partial charge in [0.25, 0.3) is 0 Å². The van der Waals surface area contributed by atoms with Gasteiger partial charge in [-0.15, -0.1) is 0 Å². The van der Waals surface area contributed by atoms with Gasteiger partial charge in [-0.1, -0.05) is 55.5 Å². The van der Waals surface area contributed by atoms with E-state index in [0.29, 0.717) is 24.2 Å². The highest BCUT2D eigenvalue weighted by Crippen LogP contribution is 2.48. The van der Waals surface area contributed by atoms with Crippen LogP contribution in [0.15, 0.2) is 54.1 Å². The first-order valence-corrected chi connectivity index (χ1v) is 12.6. The average Bonchev–Trinajstić information content (AvgIpc) is 2.80. The summed E-state index contributed by atoms with van der Waals surface area (Å²) < 4.78 is 5.94. The number of hydrogen-bond donors (Lipinski definition) is 2. The van der Waals surface area contributed by atoms with Crippen LogP contribution < -0.4 is 4.74 Å². The van der Waals surface area contributed by atoms with Gasteiger partial charge in [-0.3, -0.25) is 4.79 Å². The van der Waals surface area contributed by atoms with Gasteiger partial charge in [0.05, 0.1) is 6.61 Å². The molecule has 2 saturated carbocycles. The standard InChI is InChI=1S/C29H36O4/c30-25-16-12-23(13-17-25)29(28-21-7-5-8-22(28)10-6-9-21)24-14-18-26(19-15-24)33-20-4-2-1-3-11-27(31)32/h12-19,21-22,30H,1-11,20H2,(H,31,32). The maximum absolute atomic E-state index is 10.6. The molecular formula is C29H36O4. The molecule has 2 aliphatic carbocycles. The second-order valence-electron chi connectivity index (χ2n) is 9.56. The van der Waals surface area contributed by atoms with Gasteiger partial charge in [-0.2, -0.15) is 0 Å². The van der Waals surface area contributed by atoms with Crippen molar-refractivity contribution in [2.75, 3.05) is 6.61 Å². The fourth-order valence-electron chi connectivity index (χ4n) is 5.64. The Kier molecular flexibility index (Phi) is 8.09. The average molecular weight is 449 g/mol. The maximum atomic E-state index is 10.6. The van der Waals surface area contributed by atoms with Gasteiger partial charge in [-0.05, 0) is 91.3 Å². The third kappa shape index (κ3) is 6.19. The van der Waals surface area contributed by atoms with Crippen LogP contribution in [0.3, 0.4) is 0 Å². The van der Waals surface area contributed by atoms with Crippen LogP contribution in [0.1, 0.15) is 81.8 Å². The number of aliphatic carboxylic acids is 1. The molecule has 2 bridgehead atoms. The quantitative estimate of drug-likeness (QED) is 0.377. The number of carboxylic acids is 1. The number of rotatable bonds is 10. The van der Waals surface area contributed by atoms with Crippen molar-refractivity contribution >= 4 is 11.5 Å².